The highest BCUT2D eigenvalue weighted by molar-refractivity contribution is 5.81. The Morgan fingerprint density at radius 3 is 3.04 bits per heavy atom. The third-order valence-electron chi connectivity index (χ3n) is 4.71. The van der Waals surface area contributed by atoms with Crippen LogP contribution < -0.4 is 0 Å². The molecule has 0 spiro atoms. The van der Waals surface area contributed by atoms with Gasteiger partial charge in [-0.15, -0.1) is 0 Å². The van der Waals surface area contributed by atoms with Gasteiger partial charge < -0.3 is 9.47 Å². The number of aromatic nitrogens is 5. The van der Waals surface area contributed by atoms with E-state index in [1.54, 1.807) is 0 Å². The summed E-state index contributed by atoms with van der Waals surface area (Å²) in [7, 11) is 0. The van der Waals surface area contributed by atoms with Crippen molar-refractivity contribution in [2.75, 3.05) is 6.54 Å². The molecule has 1 aliphatic heterocycles. The van der Waals surface area contributed by atoms with Crippen molar-refractivity contribution < 1.29 is 4.79 Å². The van der Waals surface area contributed by atoms with Crippen LogP contribution >= 0.6 is 0 Å². The van der Waals surface area contributed by atoms with Crippen molar-refractivity contribution in [3.05, 3.63) is 42.2 Å². The van der Waals surface area contributed by atoms with Gasteiger partial charge in [0.05, 0.1) is 17.1 Å². The number of H-pyrrole nitrogens is 1. The van der Waals surface area contributed by atoms with Gasteiger partial charge in [0.25, 0.3) is 0 Å². The van der Waals surface area contributed by atoms with E-state index in [1.165, 1.54) is 6.33 Å². The molecule has 1 atom stereocenters. The van der Waals surface area contributed by atoms with Crippen LogP contribution in [-0.2, 0) is 11.3 Å². The van der Waals surface area contributed by atoms with Gasteiger partial charge in [-0.05, 0) is 38.3 Å². The Hall–Kier alpha value is -2.70. The molecule has 24 heavy (non-hydrogen) atoms. The molecule has 1 amide bonds. The van der Waals surface area contributed by atoms with Crippen LogP contribution in [0, 0.1) is 6.92 Å². The minimum atomic E-state index is -0.0103. The molecule has 0 radical (unpaired) electrons. The summed E-state index contributed by atoms with van der Waals surface area (Å²) in [5.41, 5.74) is 1.92. The van der Waals surface area contributed by atoms with E-state index in [9.17, 15) is 4.79 Å². The molecule has 1 fully saturated rings. The number of rotatable bonds is 3. The number of carbonyl (C=O) groups excluding carboxylic acids is 1. The minimum Gasteiger partial charge on any atom is -0.331 e. The molecule has 1 aromatic carbocycles. The molecule has 1 unspecified atom stereocenters. The van der Waals surface area contributed by atoms with Crippen LogP contribution in [0.15, 0.2) is 30.6 Å². The second-order valence-electron chi connectivity index (χ2n) is 6.20. The number of benzene rings is 1. The standard InChI is InChI=1S/C17H20N6O/c1-12-20-13-6-2-3-7-14(13)23(12)10-16(24)22-9-5-4-8-15(22)17-18-11-19-21-17/h2-3,6-7,11,15H,4-5,8-10H2,1H3,(H,18,19,21). The first-order valence-electron chi connectivity index (χ1n) is 8.30. The quantitative estimate of drug-likeness (QED) is 0.801. The Balaban J connectivity index is 1.61. The molecule has 0 saturated carbocycles. The lowest BCUT2D eigenvalue weighted by atomic mass is 10.0. The van der Waals surface area contributed by atoms with Gasteiger partial charge in [0.1, 0.15) is 24.5 Å². The van der Waals surface area contributed by atoms with E-state index in [0.717, 1.165) is 48.5 Å². The number of carbonyl (C=O) groups is 1. The van der Waals surface area contributed by atoms with Gasteiger partial charge >= 0.3 is 0 Å². The van der Waals surface area contributed by atoms with Crippen molar-refractivity contribution in [2.45, 2.75) is 38.8 Å². The molecule has 3 heterocycles. The van der Waals surface area contributed by atoms with Crippen LogP contribution in [0.3, 0.4) is 0 Å². The lowest BCUT2D eigenvalue weighted by Gasteiger charge is -2.34. The van der Waals surface area contributed by atoms with E-state index in [0.29, 0.717) is 6.54 Å². The lowest BCUT2D eigenvalue weighted by Crippen LogP contribution is -2.40. The maximum atomic E-state index is 13.0. The van der Waals surface area contributed by atoms with Crippen molar-refractivity contribution >= 4 is 16.9 Å². The third-order valence-corrected chi connectivity index (χ3v) is 4.71. The number of nitrogens with one attached hydrogen (secondary N) is 1. The second-order valence-corrected chi connectivity index (χ2v) is 6.20. The fraction of sp³-hybridized carbons (Fsp3) is 0.412. The summed E-state index contributed by atoms with van der Waals surface area (Å²) in [4.78, 5) is 23.7. The highest BCUT2D eigenvalue weighted by Gasteiger charge is 2.30. The first-order chi connectivity index (χ1) is 11.7. The second kappa shape index (κ2) is 6.07. The molecule has 1 saturated heterocycles. The van der Waals surface area contributed by atoms with Gasteiger partial charge in [-0.2, -0.15) is 5.10 Å². The predicted molar refractivity (Wildman–Crippen MR) is 89.2 cm³/mol. The number of amides is 1. The van der Waals surface area contributed by atoms with Gasteiger partial charge in [0.2, 0.25) is 5.91 Å². The van der Waals surface area contributed by atoms with Crippen LogP contribution in [0.2, 0.25) is 0 Å². The maximum Gasteiger partial charge on any atom is 0.243 e. The maximum absolute atomic E-state index is 13.0. The number of aryl methyl sites for hydroxylation is 1. The molecule has 1 aliphatic rings. The van der Waals surface area contributed by atoms with Crippen LogP contribution in [0.1, 0.15) is 37.0 Å². The molecule has 4 rings (SSSR count). The van der Waals surface area contributed by atoms with E-state index >= 15 is 0 Å². The predicted octanol–water partition coefficient (Wildman–Crippen LogP) is 2.22. The molecule has 0 aliphatic carbocycles. The number of aromatic amines is 1. The Kier molecular flexibility index (Phi) is 3.76. The Morgan fingerprint density at radius 1 is 1.33 bits per heavy atom. The van der Waals surface area contributed by atoms with E-state index in [2.05, 4.69) is 20.2 Å². The van der Waals surface area contributed by atoms with Crippen LogP contribution in [0.5, 0.6) is 0 Å². The van der Waals surface area contributed by atoms with E-state index < -0.39 is 0 Å². The molecule has 7 heteroatoms. The number of imidazole rings is 1. The zero-order chi connectivity index (χ0) is 16.5. The van der Waals surface area contributed by atoms with Crippen LogP contribution in [-0.4, -0.2) is 42.1 Å². The number of fused-ring (bicyclic) bond motifs is 1. The Bertz CT molecular complexity index is 853. The SMILES string of the molecule is Cc1nc2ccccc2n1CC(=O)N1CCCCC1c1ncn[nH]1. The number of para-hydroxylation sites is 2. The highest BCUT2D eigenvalue weighted by Crippen LogP contribution is 2.29. The molecule has 124 valence electrons. The molecule has 7 nitrogen and oxygen atoms in total. The van der Waals surface area contributed by atoms with Crippen molar-refractivity contribution in [1.82, 2.24) is 29.6 Å². The van der Waals surface area contributed by atoms with Gasteiger partial charge in [0.15, 0.2) is 0 Å². The van der Waals surface area contributed by atoms with Crippen molar-refractivity contribution in [1.29, 1.82) is 0 Å². The van der Waals surface area contributed by atoms with E-state index in [4.69, 9.17) is 0 Å². The number of hydrogen-bond donors (Lipinski definition) is 1. The van der Waals surface area contributed by atoms with Crippen LogP contribution in [0.25, 0.3) is 11.0 Å². The summed E-state index contributed by atoms with van der Waals surface area (Å²) < 4.78 is 1.99. The summed E-state index contributed by atoms with van der Waals surface area (Å²) in [6.45, 7) is 3.00. The first-order valence-corrected chi connectivity index (χ1v) is 8.30. The topological polar surface area (TPSA) is 79.7 Å². The van der Waals surface area contributed by atoms with Gasteiger partial charge in [-0.1, -0.05) is 12.1 Å². The molecular weight excluding hydrogens is 304 g/mol. The first kappa shape index (κ1) is 14.9. The highest BCUT2D eigenvalue weighted by atomic mass is 16.2. The average molecular weight is 324 g/mol. The lowest BCUT2D eigenvalue weighted by molar-refractivity contribution is -0.135. The number of likely N-dealkylation sites (tertiary alicyclic amines) is 1. The molecular formula is C17H20N6O. The number of hydrogen-bond acceptors (Lipinski definition) is 4. The van der Waals surface area contributed by atoms with Gasteiger partial charge in [-0.25, -0.2) is 9.97 Å². The monoisotopic (exact) mass is 324 g/mol. The molecule has 2 aromatic heterocycles. The van der Waals surface area contributed by atoms with Crippen molar-refractivity contribution in [3.63, 3.8) is 0 Å². The smallest absolute Gasteiger partial charge is 0.243 e. The largest absolute Gasteiger partial charge is 0.331 e. The molecule has 1 N–H and O–H groups in total. The fourth-order valence-electron chi connectivity index (χ4n) is 3.51. The summed E-state index contributed by atoms with van der Waals surface area (Å²) in [6, 6.07) is 7.91. The third kappa shape index (κ3) is 2.55. The summed E-state index contributed by atoms with van der Waals surface area (Å²) in [5, 5.41) is 6.85. The van der Waals surface area contributed by atoms with E-state index in [-0.39, 0.29) is 11.9 Å². The normalized spacial score (nSPS) is 18.2. The summed E-state index contributed by atoms with van der Waals surface area (Å²) in [5.74, 6) is 1.73. The zero-order valence-corrected chi connectivity index (χ0v) is 13.6. The summed E-state index contributed by atoms with van der Waals surface area (Å²) in [6.07, 6.45) is 4.55. The molecule has 3 aromatic rings. The number of nitrogens with zero attached hydrogens (tertiary/aromatic N) is 5. The van der Waals surface area contributed by atoms with Crippen molar-refractivity contribution in [2.24, 2.45) is 0 Å². The average Bonchev–Trinajstić information content (AvgIpc) is 3.24. The van der Waals surface area contributed by atoms with Gasteiger partial charge in [-0.3, -0.25) is 9.89 Å². The van der Waals surface area contributed by atoms with Gasteiger partial charge in [0, 0.05) is 6.54 Å². The number of piperidine rings is 1. The van der Waals surface area contributed by atoms with Crippen molar-refractivity contribution in [3.8, 4) is 0 Å². The minimum absolute atomic E-state index is 0.0103. The zero-order valence-electron chi connectivity index (χ0n) is 13.6. The van der Waals surface area contributed by atoms with E-state index in [1.807, 2.05) is 40.7 Å². The fourth-order valence-corrected chi connectivity index (χ4v) is 3.51. The Labute approximate surface area is 139 Å². The Morgan fingerprint density at radius 2 is 2.21 bits per heavy atom. The van der Waals surface area contributed by atoms with Crippen LogP contribution in [0.4, 0.5) is 0 Å². The summed E-state index contributed by atoms with van der Waals surface area (Å²) >= 11 is 0. The molecule has 0 bridgehead atoms.